The Morgan fingerprint density at radius 1 is 0.897 bits per heavy atom. The zero-order valence-corrected chi connectivity index (χ0v) is 17.0. The molecule has 0 radical (unpaired) electrons. The highest BCUT2D eigenvalue weighted by molar-refractivity contribution is 6.36. The van der Waals surface area contributed by atoms with Crippen LogP contribution in [0.3, 0.4) is 0 Å². The van der Waals surface area contributed by atoms with Gasteiger partial charge in [0.25, 0.3) is 0 Å². The molecule has 3 nitrogen and oxygen atoms in total. The van der Waals surface area contributed by atoms with Gasteiger partial charge in [-0.3, -0.25) is 0 Å². The van der Waals surface area contributed by atoms with Gasteiger partial charge in [-0.1, -0.05) is 47.5 Å². The molecule has 0 bridgehead atoms. The summed E-state index contributed by atoms with van der Waals surface area (Å²) in [5.74, 6) is -0.773. The number of rotatable bonds is 3. The number of fused-ring (bicyclic) bond motifs is 1. The molecule has 0 unspecified atom stereocenters. The first kappa shape index (κ1) is 19.6. The summed E-state index contributed by atoms with van der Waals surface area (Å²) < 4.78 is 0. The highest BCUT2D eigenvalue weighted by Crippen LogP contribution is 2.42. The molecule has 0 saturated carbocycles. The van der Waals surface area contributed by atoms with Gasteiger partial charge in [0.05, 0.1) is 5.56 Å². The Hall–Kier alpha value is -2.75. The maximum Gasteiger partial charge on any atom is 0.335 e. The van der Waals surface area contributed by atoms with Crippen LogP contribution in [0.25, 0.3) is 11.1 Å². The summed E-state index contributed by atoms with van der Waals surface area (Å²) in [6.45, 7) is 0. The Bertz CT molecular complexity index is 1150. The summed E-state index contributed by atoms with van der Waals surface area (Å²) in [6, 6.07) is 17.8. The molecule has 5 heteroatoms. The number of benzene rings is 3. The number of carboxylic acid groups (broad SMARTS) is 1. The van der Waals surface area contributed by atoms with Crippen LogP contribution >= 0.6 is 23.2 Å². The number of phenols is 1. The standard InChI is InChI=1S/C24H18Cl2O3/c25-17-8-10-20(22(26)13-17)21-6-2-3-14-11-16(24(28)29)7-9-19(14)23(21)15-4-1-5-18(27)12-15/h1,4-5,7-13,27H,2-3,6H2,(H,28,29). The van der Waals surface area contributed by atoms with E-state index in [9.17, 15) is 15.0 Å². The van der Waals surface area contributed by atoms with E-state index in [1.807, 2.05) is 24.3 Å². The van der Waals surface area contributed by atoms with E-state index in [4.69, 9.17) is 23.2 Å². The molecule has 3 aromatic carbocycles. The van der Waals surface area contributed by atoms with Crippen molar-refractivity contribution < 1.29 is 15.0 Å². The molecular formula is C24H18Cl2O3. The third-order valence-electron chi connectivity index (χ3n) is 5.19. The first-order chi connectivity index (χ1) is 13.9. The molecule has 1 aliphatic carbocycles. The van der Waals surface area contributed by atoms with Crippen molar-refractivity contribution in [2.75, 3.05) is 0 Å². The number of carbonyl (C=O) groups is 1. The second-order valence-corrected chi connectivity index (χ2v) is 7.90. The van der Waals surface area contributed by atoms with E-state index in [0.717, 1.165) is 52.7 Å². The molecule has 2 N–H and O–H groups in total. The van der Waals surface area contributed by atoms with Crippen molar-refractivity contribution >= 4 is 40.3 Å². The summed E-state index contributed by atoms with van der Waals surface area (Å²) in [4.78, 5) is 11.5. The number of aryl methyl sites for hydroxylation is 1. The minimum Gasteiger partial charge on any atom is -0.508 e. The van der Waals surface area contributed by atoms with Crippen LogP contribution in [0.2, 0.25) is 10.0 Å². The van der Waals surface area contributed by atoms with Crippen molar-refractivity contribution in [2.45, 2.75) is 19.3 Å². The van der Waals surface area contributed by atoms with Crippen LogP contribution in [0.15, 0.2) is 60.7 Å². The van der Waals surface area contributed by atoms with Gasteiger partial charge < -0.3 is 10.2 Å². The fraction of sp³-hybridized carbons (Fsp3) is 0.125. The Morgan fingerprint density at radius 3 is 2.41 bits per heavy atom. The predicted octanol–water partition coefficient (Wildman–Crippen LogP) is 6.69. The summed E-state index contributed by atoms with van der Waals surface area (Å²) in [5, 5.41) is 20.6. The molecule has 0 saturated heterocycles. The number of aromatic hydroxyl groups is 1. The predicted molar refractivity (Wildman–Crippen MR) is 117 cm³/mol. The highest BCUT2D eigenvalue weighted by Gasteiger charge is 2.22. The Balaban J connectivity index is 2.03. The van der Waals surface area contributed by atoms with Crippen molar-refractivity contribution in [2.24, 2.45) is 0 Å². The molecule has 146 valence electrons. The van der Waals surface area contributed by atoms with Gasteiger partial charge in [-0.2, -0.15) is 0 Å². The van der Waals surface area contributed by atoms with Crippen LogP contribution in [0.4, 0.5) is 0 Å². The first-order valence-electron chi connectivity index (χ1n) is 9.28. The van der Waals surface area contributed by atoms with Gasteiger partial charge in [-0.15, -0.1) is 0 Å². The monoisotopic (exact) mass is 424 g/mol. The minimum atomic E-state index is -0.944. The third-order valence-corrected chi connectivity index (χ3v) is 5.74. The van der Waals surface area contributed by atoms with E-state index in [1.165, 1.54) is 0 Å². The zero-order chi connectivity index (χ0) is 20.5. The summed E-state index contributed by atoms with van der Waals surface area (Å²) in [5.41, 5.74) is 5.96. The highest BCUT2D eigenvalue weighted by atomic mass is 35.5. The number of hydrogen-bond acceptors (Lipinski definition) is 2. The number of phenolic OH excluding ortho intramolecular Hbond substituents is 1. The topological polar surface area (TPSA) is 57.5 Å². The van der Waals surface area contributed by atoms with Crippen molar-refractivity contribution in [3.05, 3.63) is 98.5 Å². The maximum atomic E-state index is 11.5. The lowest BCUT2D eigenvalue weighted by atomic mass is 9.87. The number of carboxylic acids is 1. The smallest absolute Gasteiger partial charge is 0.335 e. The van der Waals surface area contributed by atoms with Crippen LogP contribution in [-0.4, -0.2) is 16.2 Å². The lowest BCUT2D eigenvalue weighted by Gasteiger charge is -2.18. The van der Waals surface area contributed by atoms with Gasteiger partial charge in [0.15, 0.2) is 0 Å². The molecule has 29 heavy (non-hydrogen) atoms. The zero-order valence-electron chi connectivity index (χ0n) is 15.5. The van der Waals surface area contributed by atoms with Crippen molar-refractivity contribution in [3.8, 4) is 5.75 Å². The summed E-state index contributed by atoms with van der Waals surface area (Å²) in [6.07, 6.45) is 2.38. The van der Waals surface area contributed by atoms with Gasteiger partial charge in [0, 0.05) is 10.0 Å². The number of allylic oxidation sites excluding steroid dienone is 1. The van der Waals surface area contributed by atoms with E-state index in [0.29, 0.717) is 10.0 Å². The molecule has 0 atom stereocenters. The molecule has 0 spiro atoms. The number of hydrogen-bond donors (Lipinski definition) is 2. The van der Waals surface area contributed by atoms with Crippen LogP contribution in [0, 0.1) is 0 Å². The molecule has 3 aromatic rings. The minimum absolute atomic E-state index is 0.171. The van der Waals surface area contributed by atoms with Gasteiger partial charge in [-0.05, 0) is 89.1 Å². The van der Waals surface area contributed by atoms with Gasteiger partial charge in [0.2, 0.25) is 0 Å². The largest absolute Gasteiger partial charge is 0.508 e. The van der Waals surface area contributed by atoms with Crippen LogP contribution in [0.5, 0.6) is 5.75 Å². The first-order valence-corrected chi connectivity index (χ1v) is 10.0. The average molecular weight is 425 g/mol. The second kappa shape index (κ2) is 7.94. The number of aromatic carboxylic acids is 1. The molecule has 0 aromatic heterocycles. The van der Waals surface area contributed by atoms with E-state index in [-0.39, 0.29) is 11.3 Å². The van der Waals surface area contributed by atoms with E-state index in [2.05, 4.69) is 0 Å². The van der Waals surface area contributed by atoms with Crippen LogP contribution < -0.4 is 0 Å². The van der Waals surface area contributed by atoms with Crippen molar-refractivity contribution in [3.63, 3.8) is 0 Å². The van der Waals surface area contributed by atoms with Crippen LogP contribution in [0.1, 0.15) is 45.5 Å². The molecule has 0 heterocycles. The maximum absolute atomic E-state index is 11.5. The Morgan fingerprint density at radius 2 is 1.69 bits per heavy atom. The SMILES string of the molecule is O=C(O)c1ccc2c(c1)CCCC(c1ccc(Cl)cc1Cl)=C2c1cccc(O)c1. The second-order valence-electron chi connectivity index (χ2n) is 7.06. The van der Waals surface area contributed by atoms with E-state index in [1.54, 1.807) is 36.4 Å². The summed E-state index contributed by atoms with van der Waals surface area (Å²) >= 11 is 12.6. The third kappa shape index (κ3) is 3.89. The van der Waals surface area contributed by atoms with E-state index >= 15 is 0 Å². The van der Waals surface area contributed by atoms with Crippen LogP contribution in [-0.2, 0) is 6.42 Å². The molecule has 4 rings (SSSR count). The molecule has 0 amide bonds. The van der Waals surface area contributed by atoms with Crippen molar-refractivity contribution in [1.29, 1.82) is 0 Å². The Labute approximate surface area is 178 Å². The summed E-state index contributed by atoms with van der Waals surface area (Å²) in [7, 11) is 0. The van der Waals surface area contributed by atoms with Gasteiger partial charge in [-0.25, -0.2) is 4.79 Å². The fourth-order valence-electron chi connectivity index (χ4n) is 3.92. The molecule has 0 fully saturated rings. The molecule has 0 aliphatic heterocycles. The molecule has 1 aliphatic rings. The van der Waals surface area contributed by atoms with E-state index < -0.39 is 5.97 Å². The number of halogens is 2. The Kier molecular flexibility index (Phi) is 5.35. The van der Waals surface area contributed by atoms with Gasteiger partial charge >= 0.3 is 5.97 Å². The quantitative estimate of drug-likeness (QED) is 0.491. The van der Waals surface area contributed by atoms with Crippen molar-refractivity contribution in [1.82, 2.24) is 0 Å². The average Bonchev–Trinajstić information content (AvgIpc) is 2.86. The normalized spacial score (nSPS) is 13.7. The molecular weight excluding hydrogens is 407 g/mol. The van der Waals surface area contributed by atoms with Gasteiger partial charge in [0.1, 0.15) is 5.75 Å². The lowest BCUT2D eigenvalue weighted by molar-refractivity contribution is 0.0696. The fourth-order valence-corrected chi connectivity index (χ4v) is 4.44. The lowest BCUT2D eigenvalue weighted by Crippen LogP contribution is -2.01.